The van der Waals surface area contributed by atoms with Crippen molar-refractivity contribution in [2.45, 2.75) is 63.8 Å². The molecule has 1 aliphatic heterocycles. The van der Waals surface area contributed by atoms with E-state index in [1.165, 1.54) is 4.90 Å². The van der Waals surface area contributed by atoms with Crippen LogP contribution >= 0.6 is 0 Å². The molecule has 2 rings (SSSR count). The lowest BCUT2D eigenvalue weighted by atomic mass is 10.1. The van der Waals surface area contributed by atoms with Crippen molar-refractivity contribution in [3.8, 4) is 0 Å². The third kappa shape index (κ3) is 4.92. The Morgan fingerprint density at radius 2 is 1.85 bits per heavy atom. The monoisotopic (exact) mass is 381 g/mol. The van der Waals surface area contributed by atoms with E-state index in [0.717, 1.165) is 5.56 Å². The molecule has 6 nitrogen and oxygen atoms in total. The highest BCUT2D eigenvalue weighted by Gasteiger charge is 2.48. The summed E-state index contributed by atoms with van der Waals surface area (Å²) >= 11 is 0. The average molecular weight is 381 g/mol. The van der Waals surface area contributed by atoms with Crippen LogP contribution in [0.5, 0.6) is 0 Å². The second-order valence-electron chi connectivity index (χ2n) is 7.89. The minimum atomic E-state index is -1.47. The van der Waals surface area contributed by atoms with E-state index in [9.17, 15) is 13.8 Å². The third-order valence-corrected chi connectivity index (χ3v) is 5.35. The molecule has 26 heavy (non-hydrogen) atoms. The fourth-order valence-electron chi connectivity index (χ4n) is 2.70. The summed E-state index contributed by atoms with van der Waals surface area (Å²) in [5.41, 5.74) is -0.596. The van der Waals surface area contributed by atoms with Gasteiger partial charge in [0.05, 0.1) is 23.2 Å². The molecule has 144 valence electrons. The van der Waals surface area contributed by atoms with Gasteiger partial charge in [0.25, 0.3) is 0 Å². The standard InChI is InChI=1S/C19H27NO5S/c1-13-7-9-14(10-8-13)26(23)12-16(21)15-11-24-19(5,6)20(15)17(22)25-18(2,3)4/h7-10,15H,11-12H2,1-6H3/t15-,26?/m0/s1. The average Bonchev–Trinajstić information content (AvgIpc) is 2.81. The summed E-state index contributed by atoms with van der Waals surface area (Å²) in [5, 5.41) is 0. The Balaban J connectivity index is 2.14. The topological polar surface area (TPSA) is 72.9 Å². The quantitative estimate of drug-likeness (QED) is 0.801. The van der Waals surface area contributed by atoms with Gasteiger partial charge in [-0.1, -0.05) is 17.7 Å². The van der Waals surface area contributed by atoms with Gasteiger partial charge in [-0.2, -0.15) is 0 Å². The van der Waals surface area contributed by atoms with Gasteiger partial charge in [-0.3, -0.25) is 13.9 Å². The molecule has 2 atom stereocenters. The largest absolute Gasteiger partial charge is 0.444 e. The number of carbonyl (C=O) groups is 2. The van der Waals surface area contributed by atoms with Crippen molar-refractivity contribution in [2.75, 3.05) is 12.4 Å². The van der Waals surface area contributed by atoms with Crippen LogP contribution in [0.15, 0.2) is 29.2 Å². The van der Waals surface area contributed by atoms with Gasteiger partial charge in [-0.25, -0.2) is 4.79 Å². The van der Waals surface area contributed by atoms with Crippen molar-refractivity contribution in [3.05, 3.63) is 29.8 Å². The molecule has 0 aromatic heterocycles. The molecule has 1 aliphatic rings. The predicted octanol–water partition coefficient (Wildman–Crippen LogP) is 3.04. The summed E-state index contributed by atoms with van der Waals surface area (Å²) in [6.45, 7) is 10.7. The van der Waals surface area contributed by atoms with Crippen molar-refractivity contribution < 1.29 is 23.3 Å². The molecule has 1 saturated heterocycles. The minimum Gasteiger partial charge on any atom is -0.444 e. The van der Waals surface area contributed by atoms with Gasteiger partial charge >= 0.3 is 6.09 Å². The minimum absolute atomic E-state index is 0.0656. The van der Waals surface area contributed by atoms with Crippen LogP contribution in [0, 0.1) is 6.92 Å². The highest BCUT2D eigenvalue weighted by Crippen LogP contribution is 2.30. The number of ketones is 1. The van der Waals surface area contributed by atoms with E-state index in [1.807, 2.05) is 19.1 Å². The molecular weight excluding hydrogens is 354 g/mol. The van der Waals surface area contributed by atoms with Crippen molar-refractivity contribution in [2.24, 2.45) is 0 Å². The van der Waals surface area contributed by atoms with Crippen LogP contribution in [0.2, 0.25) is 0 Å². The van der Waals surface area contributed by atoms with Gasteiger partial charge in [0.15, 0.2) is 5.78 Å². The zero-order valence-corrected chi connectivity index (χ0v) is 17.0. The molecule has 0 saturated carbocycles. The molecule has 1 aromatic carbocycles. The summed E-state index contributed by atoms with van der Waals surface area (Å²) in [6.07, 6.45) is -0.612. The number of nitrogens with zero attached hydrogens (tertiary/aromatic N) is 1. The summed E-state index contributed by atoms with van der Waals surface area (Å²) < 4.78 is 23.6. The summed E-state index contributed by atoms with van der Waals surface area (Å²) in [7, 11) is -1.47. The molecule has 1 heterocycles. The first-order valence-corrected chi connectivity index (χ1v) is 9.86. The van der Waals surface area contributed by atoms with Crippen molar-refractivity contribution in [1.29, 1.82) is 0 Å². The summed E-state index contributed by atoms with van der Waals surface area (Å²) in [4.78, 5) is 27.2. The molecule has 1 amide bonds. The first-order chi connectivity index (χ1) is 11.9. The van der Waals surface area contributed by atoms with Crippen LogP contribution in [-0.2, 0) is 25.1 Å². The Morgan fingerprint density at radius 1 is 1.27 bits per heavy atom. The summed E-state index contributed by atoms with van der Waals surface area (Å²) in [6, 6.07) is 6.40. The zero-order chi connectivity index (χ0) is 19.7. The lowest BCUT2D eigenvalue weighted by Crippen LogP contribution is -2.52. The number of aryl methyl sites for hydroxylation is 1. The number of benzene rings is 1. The molecule has 0 aliphatic carbocycles. The van der Waals surface area contributed by atoms with Crippen molar-refractivity contribution >= 4 is 22.7 Å². The Kier molecular flexibility index (Phi) is 5.92. The normalized spacial score (nSPS) is 20.7. The van der Waals surface area contributed by atoms with Crippen LogP contribution in [-0.4, -0.2) is 50.7 Å². The Labute approximate surface area is 157 Å². The van der Waals surface area contributed by atoms with E-state index >= 15 is 0 Å². The molecule has 0 radical (unpaired) electrons. The zero-order valence-electron chi connectivity index (χ0n) is 16.2. The highest BCUT2D eigenvalue weighted by molar-refractivity contribution is 7.85. The molecule has 1 aromatic rings. The maximum Gasteiger partial charge on any atom is 0.413 e. The van der Waals surface area contributed by atoms with Gasteiger partial charge < -0.3 is 9.47 Å². The number of amides is 1. The van der Waals surface area contributed by atoms with Crippen LogP contribution in [0.1, 0.15) is 40.2 Å². The van der Waals surface area contributed by atoms with Crippen LogP contribution in [0.3, 0.4) is 0 Å². The molecule has 0 bridgehead atoms. The van der Waals surface area contributed by atoms with E-state index in [1.54, 1.807) is 46.8 Å². The molecule has 1 fully saturated rings. The number of carbonyl (C=O) groups excluding carboxylic acids is 2. The lowest BCUT2D eigenvalue weighted by Gasteiger charge is -2.34. The number of ether oxygens (including phenoxy) is 2. The molecule has 0 spiro atoms. The Hall–Kier alpha value is -1.73. The smallest absolute Gasteiger partial charge is 0.413 e. The Bertz CT molecular complexity index is 706. The summed E-state index contributed by atoms with van der Waals surface area (Å²) in [5.74, 6) is -0.479. The first kappa shape index (κ1) is 20.6. The number of rotatable bonds is 4. The van der Waals surface area contributed by atoms with Crippen molar-refractivity contribution in [1.82, 2.24) is 4.90 Å². The number of hydrogen-bond donors (Lipinski definition) is 0. The Morgan fingerprint density at radius 3 is 2.38 bits per heavy atom. The second-order valence-corrected chi connectivity index (χ2v) is 9.34. The number of Topliss-reactive ketones (excluding diaryl/α,β-unsaturated/α-hetero) is 1. The van der Waals surface area contributed by atoms with Gasteiger partial charge in [0.2, 0.25) is 0 Å². The van der Waals surface area contributed by atoms with Crippen LogP contribution in [0.4, 0.5) is 4.79 Å². The maximum atomic E-state index is 12.7. The first-order valence-electron chi connectivity index (χ1n) is 8.55. The van der Waals surface area contributed by atoms with Crippen molar-refractivity contribution in [3.63, 3.8) is 0 Å². The number of hydrogen-bond acceptors (Lipinski definition) is 5. The molecular formula is C19H27NO5S. The molecule has 1 unspecified atom stereocenters. The highest BCUT2D eigenvalue weighted by atomic mass is 32.2. The maximum absolute atomic E-state index is 12.7. The fraction of sp³-hybridized carbons (Fsp3) is 0.579. The van der Waals surface area contributed by atoms with E-state index in [4.69, 9.17) is 9.47 Å². The fourth-order valence-corrected chi connectivity index (χ4v) is 3.75. The SMILES string of the molecule is Cc1ccc(S(=O)CC(=O)[C@@H]2COC(C)(C)N2C(=O)OC(C)(C)C)cc1. The van der Waals surface area contributed by atoms with Gasteiger partial charge in [-0.15, -0.1) is 0 Å². The van der Waals surface area contributed by atoms with E-state index in [2.05, 4.69) is 0 Å². The lowest BCUT2D eigenvalue weighted by molar-refractivity contribution is -0.122. The molecule has 7 heteroatoms. The van der Waals surface area contributed by atoms with Crippen LogP contribution < -0.4 is 0 Å². The van der Waals surface area contributed by atoms with Gasteiger partial charge in [0.1, 0.15) is 17.4 Å². The van der Waals surface area contributed by atoms with E-state index in [-0.39, 0.29) is 18.1 Å². The molecule has 0 N–H and O–H groups in total. The predicted molar refractivity (Wildman–Crippen MR) is 99.4 cm³/mol. The van der Waals surface area contributed by atoms with E-state index in [0.29, 0.717) is 4.90 Å². The van der Waals surface area contributed by atoms with Crippen LogP contribution in [0.25, 0.3) is 0 Å². The second kappa shape index (κ2) is 7.48. The third-order valence-electron chi connectivity index (χ3n) is 4.01. The van der Waals surface area contributed by atoms with Gasteiger partial charge in [0, 0.05) is 4.90 Å². The van der Waals surface area contributed by atoms with E-state index < -0.39 is 34.3 Å². The van der Waals surface area contributed by atoms with Gasteiger partial charge in [-0.05, 0) is 53.7 Å².